The number of aromatic nitrogens is 2. The number of benzene rings is 2. The lowest BCUT2D eigenvalue weighted by Gasteiger charge is -2.17. The van der Waals surface area contributed by atoms with Gasteiger partial charge in [0, 0.05) is 12.1 Å². The van der Waals surface area contributed by atoms with E-state index in [0.29, 0.717) is 22.8 Å². The number of nitrogens with one attached hydrogen (secondary N) is 1. The molecule has 8 nitrogen and oxygen atoms in total. The van der Waals surface area contributed by atoms with E-state index in [2.05, 4.69) is 0 Å². The fourth-order valence-corrected chi connectivity index (χ4v) is 3.35. The molecule has 0 spiro atoms. The summed E-state index contributed by atoms with van der Waals surface area (Å²) in [6.07, 6.45) is -9.06. The molecule has 0 saturated carbocycles. The van der Waals surface area contributed by atoms with Crippen molar-refractivity contribution in [1.82, 2.24) is 9.55 Å². The van der Waals surface area contributed by atoms with Crippen LogP contribution in [0.1, 0.15) is 31.5 Å². The fraction of sp³-hybridized carbons (Fsp3) is 0.261. The third kappa shape index (κ3) is 6.47. The van der Waals surface area contributed by atoms with Crippen LogP contribution in [-0.2, 0) is 15.7 Å². The largest absolute Gasteiger partial charge is 0.479 e. The molecule has 0 bridgehead atoms. The first-order valence-corrected chi connectivity index (χ1v) is 10.9. The first-order valence-electron chi connectivity index (χ1n) is 10.5. The van der Waals surface area contributed by atoms with Crippen LogP contribution in [0.4, 0.5) is 22.0 Å². The van der Waals surface area contributed by atoms with E-state index in [-0.39, 0.29) is 18.1 Å². The molecule has 3 aromatic rings. The molecule has 3 rings (SSSR count). The van der Waals surface area contributed by atoms with Crippen molar-refractivity contribution in [2.75, 3.05) is 6.61 Å². The van der Waals surface area contributed by atoms with E-state index >= 15 is 0 Å². The Morgan fingerprint density at radius 2 is 1.70 bits per heavy atom. The number of nitrogens with zero attached hydrogens (tertiary/aromatic N) is 1. The summed E-state index contributed by atoms with van der Waals surface area (Å²) in [6, 6.07) is 6.71. The van der Waals surface area contributed by atoms with Crippen molar-refractivity contribution in [3.63, 3.8) is 0 Å². The predicted octanol–water partition coefficient (Wildman–Crippen LogP) is 5.26. The molecule has 0 amide bonds. The van der Waals surface area contributed by atoms with Gasteiger partial charge in [-0.05, 0) is 44.2 Å². The van der Waals surface area contributed by atoms with Crippen molar-refractivity contribution in [1.29, 1.82) is 0 Å². The van der Waals surface area contributed by atoms with Crippen LogP contribution in [0.5, 0.6) is 17.2 Å². The lowest BCUT2D eigenvalue weighted by molar-refractivity contribution is -0.150. The van der Waals surface area contributed by atoms with Gasteiger partial charge in [-0.2, -0.15) is 13.2 Å². The van der Waals surface area contributed by atoms with E-state index in [4.69, 9.17) is 25.8 Å². The highest BCUT2D eigenvalue weighted by Crippen LogP contribution is 2.41. The van der Waals surface area contributed by atoms with Crippen molar-refractivity contribution in [3.8, 4) is 22.9 Å². The highest BCUT2D eigenvalue weighted by atomic mass is 35.5. The van der Waals surface area contributed by atoms with E-state index in [1.165, 1.54) is 31.2 Å². The third-order valence-electron chi connectivity index (χ3n) is 4.77. The smallest absolute Gasteiger partial charge is 0.420 e. The summed E-state index contributed by atoms with van der Waals surface area (Å²) in [5.74, 6) is -1.36. The molecule has 37 heavy (non-hydrogen) atoms. The Morgan fingerprint density at radius 3 is 2.24 bits per heavy atom. The lowest BCUT2D eigenvalue weighted by atomic mass is 10.1. The highest BCUT2D eigenvalue weighted by molar-refractivity contribution is 6.32. The molecule has 0 aliphatic rings. The monoisotopic (exact) mass is 548 g/mol. The Bertz CT molecular complexity index is 1370. The van der Waals surface area contributed by atoms with Gasteiger partial charge >= 0.3 is 17.8 Å². The van der Waals surface area contributed by atoms with Crippen LogP contribution in [0.25, 0.3) is 5.69 Å². The van der Waals surface area contributed by atoms with Crippen LogP contribution in [0, 0.1) is 0 Å². The van der Waals surface area contributed by atoms with Gasteiger partial charge in [-0.15, -0.1) is 0 Å². The topological polar surface area (TPSA) is 99.6 Å². The summed E-state index contributed by atoms with van der Waals surface area (Å²) < 4.78 is 82.7. The standard InChI is InChI=1S/C23H18ClF5N2O6/c1-3-35-21(33)11(2)36-12-4-6-13(7-5-12)37-18-10-17(15(24)8-14(18)23(27,28)29)31-19(32)9-16(20(25)26)30-22(31)34/h4-11,20H,3H2,1-2H3,(H,30,34). The minimum Gasteiger partial charge on any atom is -0.479 e. The van der Waals surface area contributed by atoms with Gasteiger partial charge in [0.2, 0.25) is 0 Å². The van der Waals surface area contributed by atoms with Gasteiger partial charge in [-0.1, -0.05) is 11.6 Å². The second kappa shape index (κ2) is 11.0. The molecule has 198 valence electrons. The first kappa shape index (κ1) is 27.7. The third-order valence-corrected chi connectivity index (χ3v) is 5.07. The molecule has 1 N–H and O–H groups in total. The highest BCUT2D eigenvalue weighted by Gasteiger charge is 2.36. The number of aromatic amines is 1. The van der Waals surface area contributed by atoms with E-state index in [1.807, 2.05) is 0 Å². The van der Waals surface area contributed by atoms with Crippen LogP contribution in [0.3, 0.4) is 0 Å². The molecule has 0 aliphatic heterocycles. The number of carbonyl (C=O) groups excluding carboxylic acids is 1. The Labute approximate surface area is 210 Å². The summed E-state index contributed by atoms with van der Waals surface area (Å²) in [7, 11) is 0. The molecular weight excluding hydrogens is 531 g/mol. The summed E-state index contributed by atoms with van der Waals surface area (Å²) in [4.78, 5) is 38.1. The number of hydrogen-bond donors (Lipinski definition) is 1. The Hall–Kier alpha value is -3.87. The zero-order chi connectivity index (χ0) is 27.5. The average Bonchev–Trinajstić information content (AvgIpc) is 2.80. The number of carbonyl (C=O) groups is 1. The zero-order valence-corrected chi connectivity index (χ0v) is 19.8. The van der Waals surface area contributed by atoms with Gasteiger partial charge < -0.3 is 19.2 Å². The van der Waals surface area contributed by atoms with Gasteiger partial charge in [0.05, 0.1) is 28.6 Å². The van der Waals surface area contributed by atoms with Crippen LogP contribution in [-0.4, -0.2) is 28.2 Å². The molecule has 0 fully saturated rings. The Kier molecular flexibility index (Phi) is 8.26. The molecule has 0 saturated heterocycles. The molecule has 0 radical (unpaired) electrons. The number of esters is 1. The van der Waals surface area contributed by atoms with Crippen molar-refractivity contribution in [2.45, 2.75) is 32.6 Å². The average molecular weight is 549 g/mol. The Morgan fingerprint density at radius 1 is 1.08 bits per heavy atom. The second-order valence-corrected chi connectivity index (χ2v) is 7.79. The normalized spacial score (nSPS) is 12.4. The molecule has 1 atom stereocenters. The maximum atomic E-state index is 13.7. The quantitative estimate of drug-likeness (QED) is 0.305. The van der Waals surface area contributed by atoms with E-state index < -0.39 is 63.6 Å². The predicted molar refractivity (Wildman–Crippen MR) is 121 cm³/mol. The number of hydrogen-bond acceptors (Lipinski definition) is 6. The lowest BCUT2D eigenvalue weighted by Crippen LogP contribution is -2.34. The minimum atomic E-state index is -4.95. The van der Waals surface area contributed by atoms with E-state index in [0.717, 1.165) is 0 Å². The van der Waals surface area contributed by atoms with Crippen molar-refractivity contribution in [2.24, 2.45) is 0 Å². The van der Waals surface area contributed by atoms with Crippen molar-refractivity contribution in [3.05, 3.63) is 79.6 Å². The Balaban J connectivity index is 2.00. The molecule has 1 unspecified atom stereocenters. The first-order chi connectivity index (χ1) is 17.3. The van der Waals surface area contributed by atoms with Gasteiger partial charge in [-0.3, -0.25) is 4.79 Å². The second-order valence-electron chi connectivity index (χ2n) is 7.39. The van der Waals surface area contributed by atoms with Crippen molar-refractivity contribution >= 4 is 17.6 Å². The zero-order valence-electron chi connectivity index (χ0n) is 19.1. The van der Waals surface area contributed by atoms with Gasteiger partial charge in [0.1, 0.15) is 17.2 Å². The minimum absolute atomic E-state index is 0.107. The SMILES string of the molecule is CCOC(=O)C(C)Oc1ccc(Oc2cc(-n3c(=O)cc(C(F)F)[nH]c3=O)c(Cl)cc2C(F)(F)F)cc1. The molecule has 0 aliphatic carbocycles. The van der Waals surface area contributed by atoms with Gasteiger partial charge in [0.25, 0.3) is 12.0 Å². The number of H-pyrrole nitrogens is 1. The molecule has 1 aromatic heterocycles. The maximum Gasteiger partial charge on any atom is 0.420 e. The van der Waals surface area contributed by atoms with Crippen LogP contribution >= 0.6 is 11.6 Å². The summed E-state index contributed by atoms with van der Waals surface area (Å²) >= 11 is 5.94. The number of alkyl halides is 5. The number of halogens is 6. The van der Waals surface area contributed by atoms with Gasteiger partial charge in [-0.25, -0.2) is 22.9 Å². The summed E-state index contributed by atoms with van der Waals surface area (Å²) in [5.41, 5.74) is -5.41. The maximum absolute atomic E-state index is 13.7. The molecule has 2 aromatic carbocycles. The van der Waals surface area contributed by atoms with Crippen molar-refractivity contribution < 1.29 is 41.0 Å². The number of ether oxygens (including phenoxy) is 3. The van der Waals surface area contributed by atoms with E-state index in [9.17, 15) is 36.3 Å². The van der Waals surface area contributed by atoms with Gasteiger partial charge in [0.15, 0.2) is 6.10 Å². The van der Waals surface area contributed by atoms with E-state index in [1.54, 1.807) is 11.9 Å². The van der Waals surface area contributed by atoms with Crippen LogP contribution in [0.15, 0.2) is 52.1 Å². The van der Waals surface area contributed by atoms with Crippen LogP contribution in [0.2, 0.25) is 5.02 Å². The number of rotatable bonds is 8. The fourth-order valence-electron chi connectivity index (χ4n) is 3.10. The van der Waals surface area contributed by atoms with Crippen LogP contribution < -0.4 is 20.7 Å². The molecule has 1 heterocycles. The molecule has 14 heteroatoms. The summed E-state index contributed by atoms with van der Waals surface area (Å²) in [5, 5.41) is -0.659. The summed E-state index contributed by atoms with van der Waals surface area (Å²) in [6.45, 7) is 3.22. The molecular formula is C23H18ClF5N2O6.